The molecule has 1 heterocycles. The van der Waals surface area contributed by atoms with Crippen molar-refractivity contribution in [2.45, 2.75) is 79.4 Å². The van der Waals surface area contributed by atoms with E-state index >= 15 is 0 Å². The average Bonchev–Trinajstić information content (AvgIpc) is 4.06. The fraction of sp³-hybridized carbons (Fsp3) is 0.395. The summed E-state index contributed by atoms with van der Waals surface area (Å²) in [6.45, 7) is 13.9. The van der Waals surface area contributed by atoms with Crippen molar-refractivity contribution in [1.29, 1.82) is 5.41 Å². The molecule has 0 radical (unpaired) electrons. The molecule has 17 heteroatoms. The molecule has 1 fully saturated rings. The lowest BCUT2D eigenvalue weighted by atomic mass is 9.94. The van der Waals surface area contributed by atoms with Crippen molar-refractivity contribution < 1.29 is 52.5 Å². The van der Waals surface area contributed by atoms with Crippen LogP contribution in [-0.4, -0.2) is 78.9 Å². The third-order valence-corrected chi connectivity index (χ3v) is 9.46. The van der Waals surface area contributed by atoms with Crippen LogP contribution < -0.4 is 26.4 Å². The molecule has 4 atom stereocenters. The van der Waals surface area contributed by atoms with Crippen molar-refractivity contribution in [2.24, 2.45) is 23.5 Å². The number of rotatable bonds is 18. The normalized spacial score (nSPS) is 14.0. The van der Waals surface area contributed by atoms with E-state index in [1.165, 1.54) is 75.6 Å². The molecule has 320 valence electrons. The maximum Gasteiger partial charge on any atom is 0.415 e. The van der Waals surface area contributed by atoms with Crippen LogP contribution in [0.2, 0.25) is 0 Å². The van der Waals surface area contributed by atoms with Gasteiger partial charge in [0.2, 0.25) is 12.6 Å². The predicted octanol–water partition coefficient (Wildman–Crippen LogP) is 5.81. The quantitative estimate of drug-likeness (QED) is 0.0440. The van der Waals surface area contributed by atoms with Crippen LogP contribution in [-0.2, 0) is 28.5 Å². The number of nitrogens with one attached hydrogen (secondary N) is 4. The van der Waals surface area contributed by atoms with Crippen LogP contribution in [0.5, 0.6) is 5.75 Å². The first kappa shape index (κ1) is 46.1. The molecule has 0 saturated heterocycles. The molecule has 4 rings (SSSR count). The van der Waals surface area contributed by atoms with Gasteiger partial charge in [-0.2, -0.15) is 0 Å². The molecule has 0 spiro atoms. The zero-order valence-electron chi connectivity index (χ0n) is 34.7. The molecule has 1 saturated carbocycles. The number of carbonyl (C=O) groups is 6. The van der Waals surface area contributed by atoms with E-state index in [9.17, 15) is 28.8 Å². The Morgan fingerprint density at radius 1 is 0.883 bits per heavy atom. The highest BCUT2D eigenvalue weighted by Gasteiger charge is 2.29. The zero-order chi connectivity index (χ0) is 44.3. The summed E-state index contributed by atoms with van der Waals surface area (Å²) in [4.78, 5) is 82.3. The summed E-state index contributed by atoms with van der Waals surface area (Å²) in [5.74, 6) is -3.83. The number of esters is 3. The Labute approximate surface area is 348 Å². The first-order valence-corrected chi connectivity index (χ1v) is 19.5. The number of alkyl carbamates (subject to hydrolysis) is 1. The number of ether oxygens (including phenoxy) is 5. The predicted molar refractivity (Wildman–Crippen MR) is 221 cm³/mol. The Morgan fingerprint density at radius 3 is 2.13 bits per heavy atom. The number of hydrogen-bond acceptors (Lipinski definition) is 14. The Bertz CT molecular complexity index is 2120. The van der Waals surface area contributed by atoms with Gasteiger partial charge in [-0.05, 0) is 73.2 Å². The number of aromatic nitrogens is 1. The number of carbonyl (C=O) groups excluding carboxylic acids is 6. The largest absolute Gasteiger partial charge is 0.496 e. The molecule has 6 N–H and O–H groups in total. The number of amidine groups is 1. The van der Waals surface area contributed by atoms with Gasteiger partial charge in [0.15, 0.2) is 5.69 Å². The van der Waals surface area contributed by atoms with Crippen molar-refractivity contribution in [1.82, 2.24) is 15.6 Å². The molecule has 3 aromatic rings. The number of nitrogens with two attached hydrogens (primary N) is 1. The van der Waals surface area contributed by atoms with Crippen LogP contribution in [0, 0.1) is 23.2 Å². The molecular formula is C43H52N6O11. The van der Waals surface area contributed by atoms with Crippen LogP contribution in [0.3, 0.4) is 0 Å². The molecular weight excluding hydrogens is 777 g/mol. The molecule has 2 aromatic carbocycles. The summed E-state index contributed by atoms with van der Waals surface area (Å²) in [7, 11) is 1.42. The van der Waals surface area contributed by atoms with Gasteiger partial charge in [0.1, 0.15) is 23.3 Å². The molecule has 0 aliphatic heterocycles. The number of anilines is 1. The van der Waals surface area contributed by atoms with E-state index in [2.05, 4.69) is 27.5 Å². The van der Waals surface area contributed by atoms with Gasteiger partial charge in [-0.3, -0.25) is 29.9 Å². The fourth-order valence-corrected chi connectivity index (χ4v) is 5.51. The van der Waals surface area contributed by atoms with Crippen LogP contribution in [0.1, 0.15) is 103 Å². The second kappa shape index (κ2) is 20.9. The first-order chi connectivity index (χ1) is 28.4. The lowest BCUT2D eigenvalue weighted by molar-refractivity contribution is -0.169. The van der Waals surface area contributed by atoms with E-state index < -0.39 is 60.4 Å². The molecule has 0 bridgehead atoms. The van der Waals surface area contributed by atoms with Gasteiger partial charge in [-0.1, -0.05) is 46.8 Å². The van der Waals surface area contributed by atoms with Gasteiger partial charge >= 0.3 is 24.0 Å². The summed E-state index contributed by atoms with van der Waals surface area (Å²) in [6.07, 6.45) is 0.485. The Morgan fingerprint density at radius 2 is 1.53 bits per heavy atom. The minimum Gasteiger partial charge on any atom is -0.496 e. The van der Waals surface area contributed by atoms with Crippen LogP contribution in [0.15, 0.2) is 55.1 Å². The van der Waals surface area contributed by atoms with Crippen molar-refractivity contribution in [3.8, 4) is 16.9 Å². The molecule has 1 aliphatic carbocycles. The number of benzene rings is 2. The third-order valence-electron chi connectivity index (χ3n) is 9.46. The zero-order valence-corrected chi connectivity index (χ0v) is 34.7. The molecule has 17 nitrogen and oxygen atoms in total. The van der Waals surface area contributed by atoms with Gasteiger partial charge in [-0.25, -0.2) is 14.6 Å². The first-order valence-electron chi connectivity index (χ1n) is 19.5. The molecule has 1 aromatic heterocycles. The maximum atomic E-state index is 14.1. The van der Waals surface area contributed by atoms with Gasteiger partial charge in [0.05, 0.1) is 13.0 Å². The number of amides is 3. The van der Waals surface area contributed by atoms with Crippen molar-refractivity contribution in [3.05, 3.63) is 83.2 Å². The highest BCUT2D eigenvalue weighted by Crippen LogP contribution is 2.35. The Hall–Kier alpha value is -6.62. The summed E-state index contributed by atoms with van der Waals surface area (Å²) >= 11 is 0. The van der Waals surface area contributed by atoms with Crippen LogP contribution in [0.25, 0.3) is 17.2 Å². The molecule has 2 unspecified atom stereocenters. The summed E-state index contributed by atoms with van der Waals surface area (Å²) < 4.78 is 26.5. The Balaban J connectivity index is 1.64. The highest BCUT2D eigenvalue weighted by molar-refractivity contribution is 6.11. The van der Waals surface area contributed by atoms with Crippen molar-refractivity contribution >= 4 is 53.4 Å². The summed E-state index contributed by atoms with van der Waals surface area (Å²) in [5.41, 5.74) is 6.86. The third kappa shape index (κ3) is 12.4. The Kier molecular flexibility index (Phi) is 16.0. The smallest absolute Gasteiger partial charge is 0.415 e. The van der Waals surface area contributed by atoms with Gasteiger partial charge in [0.25, 0.3) is 11.8 Å². The molecule has 1 aliphatic rings. The van der Waals surface area contributed by atoms with E-state index in [1.807, 2.05) is 6.92 Å². The van der Waals surface area contributed by atoms with Gasteiger partial charge in [-0.15, -0.1) is 0 Å². The lowest BCUT2D eigenvalue weighted by Gasteiger charge is -2.21. The highest BCUT2D eigenvalue weighted by atomic mass is 16.7. The van der Waals surface area contributed by atoms with Gasteiger partial charge in [0, 0.05) is 53.9 Å². The van der Waals surface area contributed by atoms with E-state index in [0.29, 0.717) is 35.9 Å². The second-order valence-electron chi connectivity index (χ2n) is 14.5. The minimum absolute atomic E-state index is 0.0417. The standard InChI is InChI=1S/C43H52N6O11/c1-9-23(5)35(44)41(53)58-24(6)59-42(54)36-30(17-18-33(48-36)39(51)46-21-26-11-12-26)31-20-34(56-8)27(10-2)19-32(31)38(50)47-29-15-13-28(14-16-29)37(45)49-43(55)60-25(7)57-40(52)22(3)4/h10,13-20,22-26,35H,2,9,11-12,21,44H2,1,3-8H3,(H,46,51)(H,47,50)(H2,45,49,55)/t23-,24?,25?,35-/m0/s1. The number of pyridine rings is 1. The number of methoxy groups -OCH3 is 1. The lowest BCUT2D eigenvalue weighted by Crippen LogP contribution is -2.40. The van der Waals surface area contributed by atoms with E-state index in [1.54, 1.807) is 20.8 Å². The fourth-order valence-electron chi connectivity index (χ4n) is 5.51. The summed E-state index contributed by atoms with van der Waals surface area (Å²) in [5, 5.41) is 16.2. The topological polar surface area (TPSA) is 247 Å². The number of nitrogens with zero attached hydrogens (tertiary/aromatic N) is 1. The van der Waals surface area contributed by atoms with Crippen molar-refractivity contribution in [3.63, 3.8) is 0 Å². The van der Waals surface area contributed by atoms with Crippen molar-refractivity contribution in [2.75, 3.05) is 19.0 Å². The van der Waals surface area contributed by atoms with E-state index in [0.717, 1.165) is 12.8 Å². The van der Waals surface area contributed by atoms with Crippen LogP contribution >= 0.6 is 0 Å². The van der Waals surface area contributed by atoms with E-state index in [4.69, 9.17) is 34.8 Å². The summed E-state index contributed by atoms with van der Waals surface area (Å²) in [6, 6.07) is 10.9. The second-order valence-corrected chi connectivity index (χ2v) is 14.5. The SMILES string of the molecule is C=Cc1cc(C(=O)Nc2ccc(C(=N)NC(=O)OC(C)OC(=O)C(C)C)cc2)c(-c2ccc(C(=O)NCC3CC3)nc2C(=O)OC(C)OC(=O)[C@@H](N)[C@@H](C)CC)cc1OC. The minimum atomic E-state index is -1.40. The molecule has 60 heavy (non-hydrogen) atoms. The number of hydrogen-bond donors (Lipinski definition) is 5. The van der Waals surface area contributed by atoms with Crippen LogP contribution in [0.4, 0.5) is 10.5 Å². The average molecular weight is 829 g/mol. The van der Waals surface area contributed by atoms with E-state index in [-0.39, 0.29) is 45.4 Å². The monoisotopic (exact) mass is 828 g/mol. The molecule has 3 amide bonds. The van der Waals surface area contributed by atoms with Gasteiger partial charge < -0.3 is 40.1 Å². The maximum absolute atomic E-state index is 14.1.